The molecular weight excluding hydrogens is 685 g/mol. The number of nitrogens with one attached hydrogen (secondary N) is 3. The third-order valence-electron chi connectivity index (χ3n) is 8.84. The zero-order chi connectivity index (χ0) is 36.7. The number of carbonyl (C=O) groups is 2. The van der Waals surface area contributed by atoms with Gasteiger partial charge in [0.25, 0.3) is 0 Å². The number of sulfonamides is 1. The summed E-state index contributed by atoms with van der Waals surface area (Å²) in [6.45, 7) is 2.51. The molecule has 0 saturated carbocycles. The fourth-order valence-electron chi connectivity index (χ4n) is 6.45. The summed E-state index contributed by atoms with van der Waals surface area (Å²) < 4.78 is 83.6. The molecule has 1 aliphatic heterocycles. The Morgan fingerprint density at radius 1 is 0.902 bits per heavy atom. The second kappa shape index (κ2) is 16.4. The van der Waals surface area contributed by atoms with Gasteiger partial charge in [-0.25, -0.2) is 26.4 Å². The molecule has 10 nitrogen and oxygen atoms in total. The molecule has 3 unspecified atom stereocenters. The molecule has 4 aromatic rings. The van der Waals surface area contributed by atoms with Crippen LogP contribution in [0.15, 0.2) is 95.9 Å². The fourth-order valence-corrected chi connectivity index (χ4v) is 8.29. The second-order valence-corrected chi connectivity index (χ2v) is 14.0. The molecule has 0 spiro atoms. The van der Waals surface area contributed by atoms with Gasteiger partial charge < -0.3 is 25.4 Å². The molecule has 3 atom stereocenters. The van der Waals surface area contributed by atoms with E-state index in [-0.39, 0.29) is 40.1 Å². The number of anilines is 1. The molecule has 51 heavy (non-hydrogen) atoms. The van der Waals surface area contributed by atoms with Crippen molar-refractivity contribution >= 4 is 27.7 Å². The standard InChI is InChI=1S/C37H39F3N4O6S/c1-23-21-41-22-28(44(23)51(47,48)30-16-14-29(49-2)15-17-30)13-18-31-32(40)11-6-12-33(31)42-36(45)35(43-37(46)50-3)34(24-7-4-9-26(38)19-24)25-8-5-10-27(39)20-25/h4-12,14-17,19-20,23,28,34-35,41H,13,18,21-22H2,1-3H3,(H,42,45)(H,43,46). The first-order valence-corrected chi connectivity index (χ1v) is 17.7. The number of rotatable bonds is 12. The Kier molecular flexibility index (Phi) is 12.0. The number of hydrogen-bond acceptors (Lipinski definition) is 7. The van der Waals surface area contributed by atoms with E-state index in [1.165, 1.54) is 90.3 Å². The van der Waals surface area contributed by atoms with Crippen LogP contribution in [0.2, 0.25) is 0 Å². The molecule has 4 aromatic carbocycles. The van der Waals surface area contributed by atoms with E-state index in [0.717, 1.165) is 7.11 Å². The summed E-state index contributed by atoms with van der Waals surface area (Å²) >= 11 is 0. The van der Waals surface area contributed by atoms with Gasteiger partial charge in [0.1, 0.15) is 29.2 Å². The number of hydrogen-bond donors (Lipinski definition) is 3. The van der Waals surface area contributed by atoms with E-state index < -0.39 is 63.5 Å². The number of halogens is 3. The van der Waals surface area contributed by atoms with Gasteiger partial charge in [-0.2, -0.15) is 4.31 Å². The summed E-state index contributed by atoms with van der Waals surface area (Å²) in [5, 5.41) is 8.45. The molecule has 0 radical (unpaired) electrons. The number of benzene rings is 4. The lowest BCUT2D eigenvalue weighted by Gasteiger charge is -2.40. The van der Waals surface area contributed by atoms with Crippen LogP contribution in [0.4, 0.5) is 23.7 Å². The number of carbonyl (C=O) groups excluding carboxylic acids is 2. The van der Waals surface area contributed by atoms with E-state index in [2.05, 4.69) is 16.0 Å². The number of amides is 2. The summed E-state index contributed by atoms with van der Waals surface area (Å²) in [7, 11) is -1.36. The zero-order valence-corrected chi connectivity index (χ0v) is 29.1. The van der Waals surface area contributed by atoms with Gasteiger partial charge >= 0.3 is 6.09 Å². The quantitative estimate of drug-likeness (QED) is 0.174. The van der Waals surface area contributed by atoms with Gasteiger partial charge in [-0.3, -0.25) is 4.79 Å². The van der Waals surface area contributed by atoms with Gasteiger partial charge in [0.05, 0.1) is 19.1 Å². The minimum Gasteiger partial charge on any atom is -0.497 e. The van der Waals surface area contributed by atoms with Crippen LogP contribution in [0.25, 0.3) is 0 Å². The Morgan fingerprint density at radius 3 is 2.12 bits per heavy atom. The molecule has 3 N–H and O–H groups in total. The van der Waals surface area contributed by atoms with Gasteiger partial charge in [0.15, 0.2) is 0 Å². The molecule has 1 fully saturated rings. The van der Waals surface area contributed by atoms with Crippen LogP contribution in [0.5, 0.6) is 5.75 Å². The van der Waals surface area contributed by atoms with Gasteiger partial charge in [0, 0.05) is 42.3 Å². The predicted octanol–water partition coefficient (Wildman–Crippen LogP) is 5.59. The van der Waals surface area contributed by atoms with Crippen LogP contribution in [-0.2, 0) is 26.0 Å². The third kappa shape index (κ3) is 8.70. The molecule has 5 rings (SSSR count). The van der Waals surface area contributed by atoms with Crippen molar-refractivity contribution in [2.75, 3.05) is 32.6 Å². The number of nitrogens with zero attached hydrogens (tertiary/aromatic N) is 1. The molecule has 1 saturated heterocycles. The molecular formula is C37H39F3N4O6S. The van der Waals surface area contributed by atoms with Crippen molar-refractivity contribution in [3.05, 3.63) is 125 Å². The van der Waals surface area contributed by atoms with Crippen LogP contribution in [0.1, 0.15) is 36.0 Å². The lowest BCUT2D eigenvalue weighted by Crippen LogP contribution is -2.58. The van der Waals surface area contributed by atoms with Gasteiger partial charge in [0.2, 0.25) is 15.9 Å². The summed E-state index contributed by atoms with van der Waals surface area (Å²) in [4.78, 5) is 26.8. The Labute approximate surface area is 295 Å². The summed E-state index contributed by atoms with van der Waals surface area (Å²) in [5.41, 5.74) is 0.702. The maximum absolute atomic E-state index is 15.6. The smallest absolute Gasteiger partial charge is 0.407 e. The summed E-state index contributed by atoms with van der Waals surface area (Å²) in [6, 6.07) is 18.4. The van der Waals surface area contributed by atoms with Gasteiger partial charge in [-0.05, 0) is 91.6 Å². The highest BCUT2D eigenvalue weighted by Crippen LogP contribution is 2.32. The normalized spacial score (nSPS) is 17.1. The first-order valence-electron chi connectivity index (χ1n) is 16.2. The Bertz CT molecular complexity index is 1920. The number of methoxy groups -OCH3 is 2. The summed E-state index contributed by atoms with van der Waals surface area (Å²) in [6.07, 6.45) is -0.762. The first-order chi connectivity index (χ1) is 24.4. The van der Waals surface area contributed by atoms with Crippen LogP contribution < -0.4 is 20.7 Å². The summed E-state index contributed by atoms with van der Waals surface area (Å²) in [5.74, 6) is -3.28. The van der Waals surface area contributed by atoms with Crippen molar-refractivity contribution in [2.45, 2.75) is 48.7 Å². The molecule has 270 valence electrons. The van der Waals surface area contributed by atoms with E-state index >= 15 is 4.39 Å². The lowest BCUT2D eigenvalue weighted by atomic mass is 9.84. The molecule has 1 heterocycles. The average Bonchev–Trinajstić information content (AvgIpc) is 3.11. The van der Waals surface area contributed by atoms with Crippen molar-refractivity contribution in [3.63, 3.8) is 0 Å². The highest BCUT2D eigenvalue weighted by Gasteiger charge is 2.38. The molecule has 0 bridgehead atoms. The Morgan fingerprint density at radius 2 is 1.53 bits per heavy atom. The Hall–Kier alpha value is -4.92. The predicted molar refractivity (Wildman–Crippen MR) is 185 cm³/mol. The third-order valence-corrected chi connectivity index (χ3v) is 10.9. The molecule has 0 aliphatic carbocycles. The van der Waals surface area contributed by atoms with Gasteiger partial charge in [-0.1, -0.05) is 30.3 Å². The van der Waals surface area contributed by atoms with Crippen molar-refractivity contribution < 1.29 is 40.7 Å². The van der Waals surface area contributed by atoms with Crippen molar-refractivity contribution in [2.24, 2.45) is 0 Å². The molecule has 2 amide bonds. The van der Waals surface area contributed by atoms with E-state index in [1.54, 1.807) is 19.1 Å². The molecule has 14 heteroatoms. The second-order valence-electron chi connectivity index (χ2n) is 12.2. The van der Waals surface area contributed by atoms with E-state index in [0.29, 0.717) is 18.8 Å². The number of piperazine rings is 1. The van der Waals surface area contributed by atoms with E-state index in [4.69, 9.17) is 9.47 Å². The van der Waals surface area contributed by atoms with Crippen LogP contribution in [-0.4, -0.2) is 70.2 Å². The Balaban J connectivity index is 1.45. The van der Waals surface area contributed by atoms with Crippen LogP contribution in [0.3, 0.4) is 0 Å². The number of ether oxygens (including phenoxy) is 2. The first kappa shape index (κ1) is 37.3. The maximum Gasteiger partial charge on any atom is 0.407 e. The van der Waals surface area contributed by atoms with Crippen molar-refractivity contribution in [1.82, 2.24) is 14.9 Å². The maximum atomic E-state index is 15.6. The topological polar surface area (TPSA) is 126 Å². The van der Waals surface area contributed by atoms with Crippen molar-refractivity contribution in [3.8, 4) is 5.75 Å². The van der Waals surface area contributed by atoms with Crippen LogP contribution >= 0.6 is 0 Å². The van der Waals surface area contributed by atoms with E-state index in [1.807, 2.05) is 0 Å². The molecule has 1 aliphatic rings. The monoisotopic (exact) mass is 724 g/mol. The largest absolute Gasteiger partial charge is 0.497 e. The van der Waals surface area contributed by atoms with Crippen LogP contribution in [0, 0.1) is 17.5 Å². The highest BCUT2D eigenvalue weighted by molar-refractivity contribution is 7.89. The zero-order valence-electron chi connectivity index (χ0n) is 28.2. The van der Waals surface area contributed by atoms with Crippen molar-refractivity contribution in [1.29, 1.82) is 0 Å². The van der Waals surface area contributed by atoms with Gasteiger partial charge in [-0.15, -0.1) is 0 Å². The van der Waals surface area contributed by atoms with E-state index in [9.17, 15) is 26.8 Å². The lowest BCUT2D eigenvalue weighted by molar-refractivity contribution is -0.118. The average molecular weight is 725 g/mol. The molecule has 0 aromatic heterocycles. The minimum atomic E-state index is -3.95. The fraction of sp³-hybridized carbons (Fsp3) is 0.297. The highest BCUT2D eigenvalue weighted by atomic mass is 32.2. The minimum absolute atomic E-state index is 0.0301. The number of alkyl carbamates (subject to hydrolysis) is 1. The SMILES string of the molecule is COC(=O)NC(C(=O)Nc1cccc(F)c1CCC1CNCC(C)N1S(=O)(=O)c1ccc(OC)cc1)C(c1cccc(F)c1)c1cccc(F)c1.